The van der Waals surface area contributed by atoms with E-state index in [9.17, 15) is 5.26 Å². The van der Waals surface area contributed by atoms with Gasteiger partial charge in [-0.2, -0.15) is 5.26 Å². The molecule has 0 saturated heterocycles. The Morgan fingerprint density at radius 2 is 1.66 bits per heavy atom. The number of anilines is 4. The number of hydrogen-bond donors (Lipinski definition) is 2. The normalized spacial score (nSPS) is 12.0. The summed E-state index contributed by atoms with van der Waals surface area (Å²) in [4.78, 5) is 11.1. The Balaban J connectivity index is 1.94. The molecule has 0 saturated carbocycles. The van der Waals surface area contributed by atoms with E-state index in [4.69, 9.17) is 28.9 Å². The third kappa shape index (κ3) is 6.56. The van der Waals surface area contributed by atoms with E-state index in [1.54, 1.807) is 12.1 Å². The van der Waals surface area contributed by atoms with Crippen molar-refractivity contribution in [2.24, 2.45) is 11.8 Å². The first-order chi connectivity index (χ1) is 16.6. The molecule has 0 spiro atoms. The topological polar surface area (TPSA) is 90.9 Å². The van der Waals surface area contributed by atoms with Gasteiger partial charge in [0.15, 0.2) is 11.6 Å². The minimum absolute atomic E-state index is 0.460. The van der Waals surface area contributed by atoms with Gasteiger partial charge in [-0.25, -0.2) is 9.97 Å². The second-order valence-electron chi connectivity index (χ2n) is 9.58. The molecule has 0 radical (unpaired) electrons. The third-order valence-electron chi connectivity index (χ3n) is 5.57. The molecule has 0 amide bonds. The van der Waals surface area contributed by atoms with Gasteiger partial charge in [0.25, 0.3) is 0 Å². The maximum Gasteiger partial charge on any atom is 0.159 e. The first kappa shape index (κ1) is 26.6. The SMILES string of the molecule is Cc1cc(C(C#N)c2ccc(Cl)cc2)c(Cl)cc1Nc1ncnc(N(CC(C)C)CC(C)C)c1N. The summed E-state index contributed by atoms with van der Waals surface area (Å²) >= 11 is 12.7. The van der Waals surface area contributed by atoms with Crippen LogP contribution in [-0.2, 0) is 0 Å². The molecular weight excluding hydrogens is 479 g/mol. The second kappa shape index (κ2) is 11.6. The first-order valence-electron chi connectivity index (χ1n) is 11.7. The molecule has 1 aromatic heterocycles. The highest BCUT2D eigenvalue weighted by molar-refractivity contribution is 6.32. The predicted molar refractivity (Wildman–Crippen MR) is 147 cm³/mol. The Labute approximate surface area is 218 Å². The van der Waals surface area contributed by atoms with E-state index in [0.29, 0.717) is 33.4 Å². The fraction of sp³-hybridized carbons (Fsp3) is 0.370. The quantitative estimate of drug-likeness (QED) is 0.316. The second-order valence-corrected chi connectivity index (χ2v) is 10.4. The van der Waals surface area contributed by atoms with Crippen LogP contribution in [0, 0.1) is 30.1 Å². The fourth-order valence-corrected chi connectivity index (χ4v) is 4.43. The van der Waals surface area contributed by atoms with Crippen LogP contribution in [-0.4, -0.2) is 23.1 Å². The Hall–Kier alpha value is -3.01. The van der Waals surface area contributed by atoms with Gasteiger partial charge in [-0.05, 0) is 53.6 Å². The van der Waals surface area contributed by atoms with Crippen LogP contribution in [0.2, 0.25) is 10.0 Å². The van der Waals surface area contributed by atoms with E-state index in [1.165, 1.54) is 6.33 Å². The van der Waals surface area contributed by atoms with Crippen molar-refractivity contribution in [1.82, 2.24) is 9.97 Å². The number of nitrogens with two attached hydrogens (primary N) is 1. The number of aryl methyl sites for hydroxylation is 1. The highest BCUT2D eigenvalue weighted by atomic mass is 35.5. The first-order valence-corrected chi connectivity index (χ1v) is 12.4. The monoisotopic (exact) mass is 510 g/mol. The summed E-state index contributed by atoms with van der Waals surface area (Å²) in [6, 6.07) is 13.3. The van der Waals surface area contributed by atoms with Crippen molar-refractivity contribution in [2.75, 3.05) is 29.0 Å². The van der Waals surface area contributed by atoms with Crippen LogP contribution < -0.4 is 16.0 Å². The smallest absolute Gasteiger partial charge is 0.159 e. The Morgan fingerprint density at radius 3 is 2.23 bits per heavy atom. The fourth-order valence-electron chi connectivity index (χ4n) is 4.03. The molecule has 0 aliphatic rings. The van der Waals surface area contributed by atoms with Gasteiger partial charge in [0, 0.05) is 28.8 Å². The van der Waals surface area contributed by atoms with Crippen LogP contribution in [0.1, 0.15) is 50.3 Å². The third-order valence-corrected chi connectivity index (χ3v) is 6.15. The maximum atomic E-state index is 9.87. The van der Waals surface area contributed by atoms with Gasteiger partial charge < -0.3 is 16.0 Å². The van der Waals surface area contributed by atoms with Crippen LogP contribution in [0.5, 0.6) is 0 Å². The summed E-state index contributed by atoms with van der Waals surface area (Å²) in [7, 11) is 0. The Morgan fingerprint density at radius 1 is 1.03 bits per heavy atom. The molecule has 3 aromatic rings. The van der Waals surface area contributed by atoms with Crippen molar-refractivity contribution in [3.63, 3.8) is 0 Å². The summed E-state index contributed by atoms with van der Waals surface area (Å²) in [5.41, 5.74) is 10.3. The minimum Gasteiger partial charge on any atom is -0.393 e. The summed E-state index contributed by atoms with van der Waals surface area (Å²) < 4.78 is 0. The van der Waals surface area contributed by atoms with Crippen molar-refractivity contribution < 1.29 is 0 Å². The highest BCUT2D eigenvalue weighted by Gasteiger charge is 2.21. The van der Waals surface area contributed by atoms with Crippen molar-refractivity contribution in [3.8, 4) is 6.07 Å². The molecule has 0 bridgehead atoms. The van der Waals surface area contributed by atoms with E-state index >= 15 is 0 Å². The summed E-state index contributed by atoms with van der Waals surface area (Å²) in [5, 5.41) is 14.3. The van der Waals surface area contributed by atoms with Crippen LogP contribution in [0.4, 0.5) is 23.0 Å². The minimum atomic E-state index is -0.510. The molecule has 3 rings (SSSR count). The van der Waals surface area contributed by atoms with Gasteiger partial charge in [0.2, 0.25) is 0 Å². The molecule has 3 N–H and O–H groups in total. The lowest BCUT2D eigenvalue weighted by Gasteiger charge is -2.28. The zero-order valence-corrected chi connectivity index (χ0v) is 22.3. The number of nitriles is 1. The van der Waals surface area contributed by atoms with Crippen molar-refractivity contribution in [2.45, 2.75) is 40.5 Å². The molecule has 8 heteroatoms. The zero-order valence-electron chi connectivity index (χ0n) is 20.8. The number of aromatic nitrogens is 2. The van der Waals surface area contributed by atoms with Gasteiger partial charge >= 0.3 is 0 Å². The van der Waals surface area contributed by atoms with E-state index < -0.39 is 5.92 Å². The van der Waals surface area contributed by atoms with Gasteiger partial charge in [-0.1, -0.05) is 69.1 Å². The lowest BCUT2D eigenvalue weighted by atomic mass is 9.91. The molecule has 1 heterocycles. The summed E-state index contributed by atoms with van der Waals surface area (Å²) in [6.45, 7) is 12.4. The summed E-state index contributed by atoms with van der Waals surface area (Å²) in [6.07, 6.45) is 1.53. The van der Waals surface area contributed by atoms with E-state index in [-0.39, 0.29) is 0 Å². The Kier molecular flexibility index (Phi) is 8.82. The van der Waals surface area contributed by atoms with Gasteiger partial charge in [0.05, 0.1) is 12.0 Å². The van der Waals surface area contributed by atoms with Crippen molar-refractivity contribution >= 4 is 46.2 Å². The Bertz CT molecular complexity index is 1190. The lowest BCUT2D eigenvalue weighted by Crippen LogP contribution is -2.32. The molecule has 184 valence electrons. The zero-order chi connectivity index (χ0) is 25.7. The predicted octanol–water partition coefficient (Wildman–Crippen LogP) is 7.19. The van der Waals surface area contributed by atoms with E-state index in [2.05, 4.69) is 53.9 Å². The number of nitrogens with zero attached hydrogens (tertiary/aromatic N) is 4. The van der Waals surface area contributed by atoms with Gasteiger partial charge in [-0.3, -0.25) is 0 Å². The molecule has 0 aliphatic heterocycles. The average Bonchev–Trinajstić information content (AvgIpc) is 2.79. The van der Waals surface area contributed by atoms with Crippen LogP contribution in [0.15, 0.2) is 42.7 Å². The van der Waals surface area contributed by atoms with E-state index in [0.717, 1.165) is 41.3 Å². The molecule has 0 fully saturated rings. The molecule has 1 unspecified atom stereocenters. The number of halogens is 2. The average molecular weight is 512 g/mol. The van der Waals surface area contributed by atoms with Crippen LogP contribution in [0.3, 0.4) is 0 Å². The number of rotatable bonds is 9. The molecule has 1 atom stereocenters. The molecule has 35 heavy (non-hydrogen) atoms. The maximum absolute atomic E-state index is 9.87. The molecule has 0 aliphatic carbocycles. The number of nitrogen functional groups attached to an aromatic ring is 1. The van der Waals surface area contributed by atoms with Crippen molar-refractivity contribution in [3.05, 3.63) is 69.5 Å². The van der Waals surface area contributed by atoms with Gasteiger partial charge in [0.1, 0.15) is 12.0 Å². The van der Waals surface area contributed by atoms with Crippen LogP contribution >= 0.6 is 23.2 Å². The largest absolute Gasteiger partial charge is 0.393 e. The standard InChI is InChI=1S/C27H32Cl2N6/c1-16(2)13-35(14-17(3)4)27-25(31)26(32-15-33-27)34-24-11-23(29)21(10-18(24)5)22(12-30)19-6-8-20(28)9-7-19/h6-11,15-17,22H,13-14,31H2,1-5H3,(H,32,33,34). The number of nitrogens with one attached hydrogen (secondary N) is 1. The van der Waals surface area contributed by atoms with Crippen LogP contribution in [0.25, 0.3) is 0 Å². The number of hydrogen-bond acceptors (Lipinski definition) is 6. The lowest BCUT2D eigenvalue weighted by molar-refractivity contribution is 0.549. The van der Waals surface area contributed by atoms with E-state index in [1.807, 2.05) is 31.2 Å². The molecule has 6 nitrogen and oxygen atoms in total. The number of benzene rings is 2. The summed E-state index contributed by atoms with van der Waals surface area (Å²) in [5.74, 6) is 1.65. The molecule has 2 aromatic carbocycles. The van der Waals surface area contributed by atoms with Crippen molar-refractivity contribution in [1.29, 1.82) is 5.26 Å². The molecular formula is C27H32Cl2N6. The highest BCUT2D eigenvalue weighted by Crippen LogP contribution is 2.36. The van der Waals surface area contributed by atoms with Gasteiger partial charge in [-0.15, -0.1) is 0 Å².